The Labute approximate surface area is 667 Å². The van der Waals surface area contributed by atoms with Gasteiger partial charge in [-0.1, -0.05) is 15.6 Å². The van der Waals surface area contributed by atoms with Crippen LogP contribution in [-0.2, 0) is 124 Å². The summed E-state index contributed by atoms with van der Waals surface area (Å²) in [4.78, 5) is 66.6. The third-order valence-corrected chi connectivity index (χ3v) is 18.1. The molecule has 3 fully saturated rings. The molecule has 44 heteroatoms. The van der Waals surface area contributed by atoms with E-state index in [1.54, 1.807) is 39.4 Å². The maximum Gasteiger partial charge on any atom is 0.308 e. The van der Waals surface area contributed by atoms with Crippen molar-refractivity contribution in [2.75, 3.05) is 211 Å². The van der Waals surface area contributed by atoms with E-state index >= 15 is 0 Å². The van der Waals surface area contributed by atoms with Gasteiger partial charge in [-0.15, -0.1) is 15.3 Å². The van der Waals surface area contributed by atoms with Crippen LogP contribution in [0.1, 0.15) is 107 Å². The van der Waals surface area contributed by atoms with Gasteiger partial charge in [-0.25, -0.2) is 14.0 Å². The number of aliphatic hydroxyl groups is 9. The predicted molar refractivity (Wildman–Crippen MR) is 394 cm³/mol. The standard InChI is InChI=1S/C71H123N13O31/c1-70(2,3)115-63(92)8-16-100-21-26-105-31-30-104-25-20-99-15-7-62(91)75-71(9-4-59(88)72-12-17-101-22-27-106-32-35-109-44-50-38-82(79-76-50)53-47-112-56(41-85)67(96)64(53)93,10-5-60(89)73-13-18-102-23-28-107-33-36-110-45-51-39-83(80-77-51)54-48-113-57(42-86)68(97)65(54)94)11-6-61(90)74-14-19-103-24-29-108-34-37-111-46-52-40-84(81-78-52)55-49-114-58(43-87)69(98)66(55)95/h38-40,53-58,64-69,85-87,93-98H,4-37,41-49H2,1-3H3,(H,72,88)(H,73,89)(H,74,90)(H,75,91)/t53-,54-,55-,56+,57+,58+,64+,65+,66+,67-,68-,69-/m0/s1. The molecule has 3 saturated heterocycles. The van der Waals surface area contributed by atoms with Gasteiger partial charge in [0.25, 0.3) is 0 Å². The van der Waals surface area contributed by atoms with E-state index in [0.29, 0.717) is 23.7 Å². The van der Waals surface area contributed by atoms with Gasteiger partial charge in [0, 0.05) is 50.9 Å². The second-order valence-corrected chi connectivity index (χ2v) is 28.1. The number of ether oxygens (including phenoxy) is 17. The molecule has 3 aromatic rings. The molecule has 6 rings (SSSR count). The molecular formula is C71H123N13O31. The minimum atomic E-state index is -1.30. The van der Waals surface area contributed by atoms with E-state index in [9.17, 15) is 69.9 Å². The molecule has 6 heterocycles. The number of nitrogens with zero attached hydrogens (tertiary/aromatic N) is 9. The van der Waals surface area contributed by atoms with Crippen molar-refractivity contribution in [1.29, 1.82) is 0 Å². The zero-order valence-electron chi connectivity index (χ0n) is 66.1. The van der Waals surface area contributed by atoms with E-state index in [1.165, 1.54) is 14.0 Å². The summed E-state index contributed by atoms with van der Waals surface area (Å²) in [6.07, 6.45) is -5.82. The summed E-state index contributed by atoms with van der Waals surface area (Å²) in [5, 5.41) is 126. The molecular weight excluding hydrogens is 1530 g/mol. The van der Waals surface area contributed by atoms with Crippen LogP contribution in [0.3, 0.4) is 0 Å². The van der Waals surface area contributed by atoms with Crippen molar-refractivity contribution in [3.8, 4) is 0 Å². The molecule has 44 nitrogen and oxygen atoms in total. The molecule has 0 aromatic carbocycles. The average molecular weight is 1650 g/mol. The Balaban J connectivity index is 0.933. The fourth-order valence-corrected chi connectivity index (χ4v) is 11.8. The number of hydrogen-bond acceptors (Lipinski definition) is 37. The van der Waals surface area contributed by atoms with Gasteiger partial charge in [-0.3, -0.25) is 24.0 Å². The number of nitrogens with one attached hydrogen (secondary N) is 4. The molecule has 12 atom stereocenters. The van der Waals surface area contributed by atoms with Crippen LogP contribution in [-0.4, -0.2) is 398 Å². The third-order valence-electron chi connectivity index (χ3n) is 18.1. The lowest BCUT2D eigenvalue weighted by Gasteiger charge is -2.36. The highest BCUT2D eigenvalue weighted by Crippen LogP contribution is 2.29. The van der Waals surface area contributed by atoms with Gasteiger partial charge < -0.3 is 148 Å². The second-order valence-electron chi connectivity index (χ2n) is 28.1. The van der Waals surface area contributed by atoms with Crippen LogP contribution < -0.4 is 21.3 Å². The molecule has 0 aliphatic carbocycles. The van der Waals surface area contributed by atoms with Crippen molar-refractivity contribution < 1.29 is 150 Å². The highest BCUT2D eigenvalue weighted by molar-refractivity contribution is 5.80. The van der Waals surface area contributed by atoms with Crippen LogP contribution in [0, 0.1) is 0 Å². The molecule has 0 unspecified atom stereocenters. The molecule has 115 heavy (non-hydrogen) atoms. The van der Waals surface area contributed by atoms with Crippen LogP contribution >= 0.6 is 0 Å². The lowest BCUT2D eigenvalue weighted by Crippen LogP contribution is -2.52. The average Bonchev–Trinajstić information content (AvgIpc) is 1.81. The van der Waals surface area contributed by atoms with E-state index in [0.717, 1.165) is 0 Å². The Bertz CT molecular complexity index is 2860. The summed E-state index contributed by atoms with van der Waals surface area (Å²) < 4.78 is 99.0. The molecule has 3 aliphatic rings. The van der Waals surface area contributed by atoms with E-state index < -0.39 is 110 Å². The molecule has 13 N–H and O–H groups in total. The molecule has 0 saturated carbocycles. The first-order chi connectivity index (χ1) is 55.6. The van der Waals surface area contributed by atoms with E-state index in [1.807, 2.05) is 0 Å². The Morgan fingerprint density at radius 3 is 0.930 bits per heavy atom. The van der Waals surface area contributed by atoms with Gasteiger partial charge >= 0.3 is 5.97 Å². The quantitative estimate of drug-likeness (QED) is 0.0185. The SMILES string of the molecule is CC(C)(C)OC(=O)CCOCCOCCOCCOCCC(=O)NC(CCC(=O)NCCOCCOCCOCc1cn([C@H]2CO[C@H](CO)[C@H](O)[C@@H]2O)nn1)(CCC(=O)NCCOCCOCCOCc1cn([C@H]2CO[C@H](CO)[C@H](O)[C@@H]2O)nn1)CCC(=O)NCCOCCOCCOCc1cn([C@H]2CO[C@H](CO)[C@H](O)[C@@H]2O)nn1. The zero-order chi connectivity index (χ0) is 82.9. The second kappa shape index (κ2) is 56.3. The lowest BCUT2D eigenvalue weighted by atomic mass is 9.83. The van der Waals surface area contributed by atoms with E-state index in [2.05, 4.69) is 52.2 Å². The van der Waals surface area contributed by atoms with Crippen molar-refractivity contribution in [3.05, 3.63) is 35.7 Å². The highest BCUT2D eigenvalue weighted by atomic mass is 16.6. The van der Waals surface area contributed by atoms with Crippen molar-refractivity contribution >= 4 is 29.6 Å². The lowest BCUT2D eigenvalue weighted by molar-refractivity contribution is -0.171. The predicted octanol–water partition coefficient (Wildman–Crippen LogP) is -5.79. The molecule has 4 amide bonds. The first-order valence-corrected chi connectivity index (χ1v) is 38.9. The zero-order valence-corrected chi connectivity index (χ0v) is 66.1. The van der Waals surface area contributed by atoms with Gasteiger partial charge in [0.05, 0.1) is 236 Å². The summed E-state index contributed by atoms with van der Waals surface area (Å²) in [6.45, 7) is 9.44. The normalized spacial score (nSPS) is 22.0. The van der Waals surface area contributed by atoms with Crippen LogP contribution in [0.25, 0.3) is 0 Å². The Morgan fingerprint density at radius 2 is 0.643 bits per heavy atom. The molecule has 3 aromatic heterocycles. The number of aliphatic hydroxyl groups excluding tert-OH is 9. The monoisotopic (exact) mass is 1650 g/mol. The van der Waals surface area contributed by atoms with Crippen molar-refractivity contribution in [2.24, 2.45) is 0 Å². The smallest absolute Gasteiger partial charge is 0.308 e. The first kappa shape index (κ1) is 97.6. The molecule has 0 radical (unpaired) electrons. The fraction of sp³-hybridized carbons (Fsp3) is 0.845. The van der Waals surface area contributed by atoms with Gasteiger partial charge in [-0.05, 0) is 40.0 Å². The van der Waals surface area contributed by atoms with Gasteiger partial charge in [0.2, 0.25) is 23.6 Å². The minimum Gasteiger partial charge on any atom is -0.460 e. The maximum absolute atomic E-state index is 14.0. The van der Waals surface area contributed by atoms with Crippen LogP contribution in [0.5, 0.6) is 0 Å². The topological polar surface area (TPSA) is 565 Å². The largest absolute Gasteiger partial charge is 0.460 e. The van der Waals surface area contributed by atoms with Gasteiger partial charge in [-0.2, -0.15) is 0 Å². The number of aromatic nitrogens is 9. The summed E-state index contributed by atoms with van der Waals surface area (Å²) in [5.74, 6) is -1.95. The molecule has 0 spiro atoms. The van der Waals surface area contributed by atoms with Crippen molar-refractivity contribution in [1.82, 2.24) is 66.2 Å². The van der Waals surface area contributed by atoms with Crippen molar-refractivity contribution in [3.63, 3.8) is 0 Å². The Hall–Kier alpha value is -6.23. The molecule has 3 aliphatic heterocycles. The molecule has 658 valence electrons. The minimum absolute atomic E-state index is 0.00864. The summed E-state index contributed by atoms with van der Waals surface area (Å²) in [6, 6.07) is -2.12. The Morgan fingerprint density at radius 1 is 0.374 bits per heavy atom. The van der Waals surface area contributed by atoms with Crippen molar-refractivity contribution in [2.45, 2.75) is 176 Å². The number of esters is 1. The summed E-state index contributed by atoms with van der Waals surface area (Å²) in [5.41, 5.74) is -0.429. The summed E-state index contributed by atoms with van der Waals surface area (Å²) in [7, 11) is 0. The van der Waals surface area contributed by atoms with Gasteiger partial charge in [0.1, 0.15) is 95.7 Å². The number of carbonyl (C=O) groups is 5. The molecule has 0 bridgehead atoms. The third kappa shape index (κ3) is 38.6. The van der Waals surface area contributed by atoms with Crippen LogP contribution in [0.4, 0.5) is 0 Å². The fourth-order valence-electron chi connectivity index (χ4n) is 11.8. The summed E-state index contributed by atoms with van der Waals surface area (Å²) >= 11 is 0. The number of carbonyl (C=O) groups excluding carboxylic acids is 5. The Kier molecular flexibility index (Phi) is 47.8. The van der Waals surface area contributed by atoms with E-state index in [4.69, 9.17) is 80.5 Å². The van der Waals surface area contributed by atoms with E-state index in [-0.39, 0.29) is 280 Å². The van der Waals surface area contributed by atoms with Crippen LogP contribution in [0.2, 0.25) is 0 Å². The van der Waals surface area contributed by atoms with Gasteiger partial charge in [0.15, 0.2) is 0 Å². The van der Waals surface area contributed by atoms with Crippen LogP contribution in [0.15, 0.2) is 18.6 Å². The first-order valence-electron chi connectivity index (χ1n) is 38.9. The highest BCUT2D eigenvalue weighted by Gasteiger charge is 2.43. The number of amides is 4. The number of hydrogen-bond donors (Lipinski definition) is 13. The number of rotatable bonds is 64. The maximum atomic E-state index is 14.0.